The fourth-order valence-corrected chi connectivity index (χ4v) is 2.45. The molecule has 0 bridgehead atoms. The lowest BCUT2D eigenvalue weighted by atomic mass is 10.1. The maximum Gasteiger partial charge on any atom is 0.242 e. The van der Waals surface area contributed by atoms with E-state index in [4.69, 9.17) is 0 Å². The molecule has 0 aliphatic heterocycles. The van der Waals surface area contributed by atoms with Crippen LogP contribution in [0.1, 0.15) is 24.2 Å². The highest BCUT2D eigenvalue weighted by atomic mass is 19.1. The molecule has 0 saturated heterocycles. The van der Waals surface area contributed by atoms with Crippen LogP contribution < -0.4 is 5.32 Å². The Hall–Kier alpha value is -3.10. The first-order valence-electron chi connectivity index (χ1n) is 7.35. The van der Waals surface area contributed by atoms with Crippen LogP contribution in [0.25, 0.3) is 5.69 Å². The molecule has 3 rings (SSSR count). The summed E-state index contributed by atoms with van der Waals surface area (Å²) in [5, 5.41) is 17.8. The van der Waals surface area contributed by atoms with Crippen molar-refractivity contribution in [2.45, 2.75) is 26.4 Å². The second kappa shape index (κ2) is 6.57. The van der Waals surface area contributed by atoms with Crippen LogP contribution in [-0.4, -0.2) is 35.9 Å². The number of rotatable bonds is 5. The predicted octanol–water partition coefficient (Wildman–Crippen LogP) is 1.18. The molecule has 0 fully saturated rings. The molecule has 3 aromatic rings. The van der Waals surface area contributed by atoms with Crippen molar-refractivity contribution in [3.8, 4) is 5.69 Å². The maximum atomic E-state index is 13.0. The first-order valence-corrected chi connectivity index (χ1v) is 7.35. The smallest absolute Gasteiger partial charge is 0.242 e. The van der Waals surface area contributed by atoms with E-state index in [1.807, 2.05) is 13.8 Å². The molecule has 2 aromatic heterocycles. The van der Waals surface area contributed by atoms with Gasteiger partial charge >= 0.3 is 0 Å². The lowest BCUT2D eigenvalue weighted by Gasteiger charge is -2.14. The third-order valence-corrected chi connectivity index (χ3v) is 3.66. The third-order valence-electron chi connectivity index (χ3n) is 3.66. The number of tetrazole rings is 1. The number of nitrogens with one attached hydrogen (secondary N) is 1. The number of carbonyl (C=O) groups excluding carboxylic acids is 1. The fraction of sp³-hybridized carbons (Fsp3) is 0.267. The lowest BCUT2D eigenvalue weighted by molar-refractivity contribution is -0.122. The highest BCUT2D eigenvalue weighted by Gasteiger charge is 2.16. The summed E-state index contributed by atoms with van der Waals surface area (Å²) in [6, 6.07) is 5.84. The van der Waals surface area contributed by atoms with Gasteiger partial charge in [0.15, 0.2) is 0 Å². The largest absolute Gasteiger partial charge is 0.348 e. The molecular formula is C15H16FN7O. The number of aromatic nitrogens is 6. The Morgan fingerprint density at radius 1 is 1.33 bits per heavy atom. The minimum Gasteiger partial charge on any atom is -0.348 e. The highest BCUT2D eigenvalue weighted by Crippen LogP contribution is 2.20. The van der Waals surface area contributed by atoms with Crippen LogP contribution in [0.2, 0.25) is 0 Å². The van der Waals surface area contributed by atoms with Gasteiger partial charge in [-0.3, -0.25) is 4.79 Å². The van der Waals surface area contributed by atoms with Crippen LogP contribution in [0.3, 0.4) is 0 Å². The molecule has 0 radical (unpaired) electrons. The Morgan fingerprint density at radius 2 is 2.08 bits per heavy atom. The van der Waals surface area contributed by atoms with Crippen LogP contribution in [0.5, 0.6) is 0 Å². The predicted molar refractivity (Wildman–Crippen MR) is 82.6 cm³/mol. The second-order valence-corrected chi connectivity index (χ2v) is 5.37. The van der Waals surface area contributed by atoms with E-state index >= 15 is 0 Å². The number of hydrogen-bond donors (Lipinski definition) is 1. The maximum absolute atomic E-state index is 13.0. The Balaban J connectivity index is 1.72. The second-order valence-electron chi connectivity index (χ2n) is 5.37. The molecule has 9 heteroatoms. The normalized spacial score (nSPS) is 12.1. The Morgan fingerprint density at radius 3 is 2.75 bits per heavy atom. The van der Waals surface area contributed by atoms with Crippen LogP contribution in [0, 0.1) is 12.7 Å². The van der Waals surface area contributed by atoms with E-state index in [9.17, 15) is 9.18 Å². The highest BCUT2D eigenvalue weighted by molar-refractivity contribution is 5.76. The van der Waals surface area contributed by atoms with Gasteiger partial charge in [0.1, 0.15) is 18.7 Å². The monoisotopic (exact) mass is 329 g/mol. The zero-order valence-electron chi connectivity index (χ0n) is 13.2. The van der Waals surface area contributed by atoms with Gasteiger partial charge in [0.25, 0.3) is 0 Å². The molecule has 8 nitrogen and oxygen atoms in total. The van der Waals surface area contributed by atoms with Gasteiger partial charge in [-0.05, 0) is 48.5 Å². The van der Waals surface area contributed by atoms with E-state index in [-0.39, 0.29) is 24.3 Å². The van der Waals surface area contributed by atoms with Crippen molar-refractivity contribution in [2.24, 2.45) is 0 Å². The molecule has 2 heterocycles. The van der Waals surface area contributed by atoms with Crippen LogP contribution in [0.4, 0.5) is 4.39 Å². The van der Waals surface area contributed by atoms with Gasteiger partial charge in [-0.15, -0.1) is 5.10 Å². The Bertz CT molecular complexity index is 826. The van der Waals surface area contributed by atoms with Crippen molar-refractivity contribution in [1.82, 2.24) is 35.3 Å². The Labute approximate surface area is 137 Å². The van der Waals surface area contributed by atoms with Crippen molar-refractivity contribution in [1.29, 1.82) is 0 Å². The zero-order chi connectivity index (χ0) is 17.1. The lowest BCUT2D eigenvalue weighted by Crippen LogP contribution is -2.30. The van der Waals surface area contributed by atoms with Crippen LogP contribution >= 0.6 is 0 Å². The summed E-state index contributed by atoms with van der Waals surface area (Å²) in [4.78, 5) is 12.0. The number of amides is 1. The van der Waals surface area contributed by atoms with Crippen molar-refractivity contribution in [3.05, 3.63) is 53.9 Å². The molecule has 1 aromatic carbocycles. The van der Waals surface area contributed by atoms with Gasteiger partial charge in [-0.2, -0.15) is 5.10 Å². The van der Waals surface area contributed by atoms with E-state index in [0.717, 1.165) is 16.9 Å². The summed E-state index contributed by atoms with van der Waals surface area (Å²) in [5.41, 5.74) is 2.51. The molecule has 0 aliphatic rings. The van der Waals surface area contributed by atoms with E-state index in [1.54, 1.807) is 23.0 Å². The average molecular weight is 329 g/mol. The van der Waals surface area contributed by atoms with E-state index in [1.165, 1.54) is 23.1 Å². The molecule has 0 saturated carbocycles. The van der Waals surface area contributed by atoms with E-state index < -0.39 is 0 Å². The van der Waals surface area contributed by atoms with Crippen molar-refractivity contribution < 1.29 is 9.18 Å². The molecule has 0 aliphatic carbocycles. The number of hydrogen-bond acceptors (Lipinski definition) is 5. The molecule has 124 valence electrons. The van der Waals surface area contributed by atoms with Crippen LogP contribution in [-0.2, 0) is 11.3 Å². The van der Waals surface area contributed by atoms with Gasteiger partial charge in [-0.25, -0.2) is 13.8 Å². The van der Waals surface area contributed by atoms with Gasteiger partial charge in [-0.1, -0.05) is 0 Å². The number of halogens is 1. The van der Waals surface area contributed by atoms with E-state index in [2.05, 4.69) is 25.9 Å². The van der Waals surface area contributed by atoms with Gasteiger partial charge in [0.2, 0.25) is 5.91 Å². The first kappa shape index (κ1) is 15.8. The topological polar surface area (TPSA) is 90.5 Å². The summed E-state index contributed by atoms with van der Waals surface area (Å²) in [5.74, 6) is -0.504. The standard InChI is InChI=1S/C15H16FN7O/c1-10(19-15(24)8-22-9-17-20-21-22)14-7-18-23(11(14)2)13-5-3-12(16)4-6-13/h3-7,9-10H,8H2,1-2H3,(H,19,24). The molecule has 1 amide bonds. The zero-order valence-corrected chi connectivity index (χ0v) is 13.2. The molecule has 1 unspecified atom stereocenters. The summed E-state index contributed by atoms with van der Waals surface area (Å²) >= 11 is 0. The summed E-state index contributed by atoms with van der Waals surface area (Å²) < 4.78 is 16.1. The number of nitrogens with zero attached hydrogens (tertiary/aromatic N) is 6. The van der Waals surface area contributed by atoms with Gasteiger partial charge < -0.3 is 5.32 Å². The summed E-state index contributed by atoms with van der Waals surface area (Å²) in [7, 11) is 0. The summed E-state index contributed by atoms with van der Waals surface area (Å²) in [6.07, 6.45) is 3.07. The minimum atomic E-state index is -0.299. The summed E-state index contributed by atoms with van der Waals surface area (Å²) in [6.45, 7) is 3.81. The molecule has 1 N–H and O–H groups in total. The molecule has 0 spiro atoms. The molecule has 24 heavy (non-hydrogen) atoms. The molecule has 1 atom stereocenters. The van der Waals surface area contributed by atoms with E-state index in [0.29, 0.717) is 0 Å². The van der Waals surface area contributed by atoms with Crippen LogP contribution in [0.15, 0.2) is 36.8 Å². The van der Waals surface area contributed by atoms with Gasteiger partial charge in [0, 0.05) is 11.3 Å². The average Bonchev–Trinajstić information content (AvgIpc) is 3.18. The number of benzene rings is 1. The first-order chi connectivity index (χ1) is 11.5. The third kappa shape index (κ3) is 3.29. The molecular weight excluding hydrogens is 313 g/mol. The fourth-order valence-electron chi connectivity index (χ4n) is 2.45. The van der Waals surface area contributed by atoms with Crippen molar-refractivity contribution in [3.63, 3.8) is 0 Å². The van der Waals surface area contributed by atoms with Crippen molar-refractivity contribution >= 4 is 5.91 Å². The SMILES string of the molecule is Cc1c(C(C)NC(=O)Cn2cnnn2)cnn1-c1ccc(F)cc1. The quantitative estimate of drug-likeness (QED) is 0.759. The van der Waals surface area contributed by atoms with Gasteiger partial charge in [0.05, 0.1) is 17.9 Å². The Kier molecular flexibility index (Phi) is 4.32. The minimum absolute atomic E-state index is 0.0441. The number of carbonyl (C=O) groups is 1. The van der Waals surface area contributed by atoms with Crippen molar-refractivity contribution in [2.75, 3.05) is 0 Å².